The number of halogens is 1. The Morgan fingerprint density at radius 3 is 2.39 bits per heavy atom. The molecule has 2 unspecified atom stereocenters. The maximum absolute atomic E-state index is 12.5. The summed E-state index contributed by atoms with van der Waals surface area (Å²) in [7, 11) is -1.26. The maximum Gasteiger partial charge on any atom is 0.0809 e. The van der Waals surface area contributed by atoms with E-state index in [1.54, 1.807) is 18.2 Å². The van der Waals surface area contributed by atoms with Gasteiger partial charge in [0.05, 0.1) is 26.0 Å². The van der Waals surface area contributed by atoms with E-state index in [9.17, 15) is 4.21 Å². The highest BCUT2D eigenvalue weighted by atomic mass is 35.5. The van der Waals surface area contributed by atoms with Gasteiger partial charge in [0.1, 0.15) is 0 Å². The molecule has 0 heterocycles. The van der Waals surface area contributed by atoms with Crippen LogP contribution in [0.5, 0.6) is 0 Å². The second kappa shape index (κ2) is 5.55. The molecule has 0 radical (unpaired) electrons. The molecule has 2 N–H and O–H groups in total. The van der Waals surface area contributed by atoms with Gasteiger partial charge in [0.25, 0.3) is 0 Å². The van der Waals surface area contributed by atoms with Crippen molar-refractivity contribution in [1.29, 1.82) is 0 Å². The molecule has 2 rings (SSSR count). The Morgan fingerprint density at radius 1 is 1.11 bits per heavy atom. The molecule has 4 heteroatoms. The highest BCUT2D eigenvalue weighted by Crippen LogP contribution is 2.32. The van der Waals surface area contributed by atoms with Crippen molar-refractivity contribution in [1.82, 2.24) is 0 Å². The van der Waals surface area contributed by atoms with Crippen LogP contribution in [0.1, 0.15) is 17.7 Å². The molecule has 0 saturated heterocycles. The second-order valence-corrected chi connectivity index (χ2v) is 6.13. The van der Waals surface area contributed by atoms with E-state index in [-0.39, 0.29) is 5.25 Å². The lowest BCUT2D eigenvalue weighted by Crippen LogP contribution is -2.06. The summed E-state index contributed by atoms with van der Waals surface area (Å²) in [6, 6.07) is 14.9. The smallest absolute Gasteiger partial charge is 0.0809 e. The van der Waals surface area contributed by atoms with E-state index in [4.69, 9.17) is 17.3 Å². The first-order chi connectivity index (χ1) is 8.61. The van der Waals surface area contributed by atoms with Gasteiger partial charge in [-0.05, 0) is 24.6 Å². The maximum atomic E-state index is 12.5. The first-order valence-corrected chi connectivity index (χ1v) is 7.20. The van der Waals surface area contributed by atoms with Crippen LogP contribution < -0.4 is 5.73 Å². The van der Waals surface area contributed by atoms with Gasteiger partial charge in [-0.3, -0.25) is 4.21 Å². The second-order valence-electron chi connectivity index (χ2n) is 4.01. The Balaban J connectivity index is 2.38. The summed E-state index contributed by atoms with van der Waals surface area (Å²) in [4.78, 5) is 0.524. The lowest BCUT2D eigenvalue weighted by atomic mass is 10.2. The summed E-state index contributed by atoms with van der Waals surface area (Å²) in [6.07, 6.45) is 0. The van der Waals surface area contributed by atoms with Crippen LogP contribution in [0.2, 0.25) is 5.02 Å². The number of hydrogen-bond acceptors (Lipinski definition) is 2. The van der Waals surface area contributed by atoms with Crippen LogP contribution in [0.25, 0.3) is 0 Å². The third kappa shape index (κ3) is 2.57. The molecular weight excluding hydrogens is 266 g/mol. The zero-order valence-corrected chi connectivity index (χ0v) is 11.5. The highest BCUT2D eigenvalue weighted by molar-refractivity contribution is 7.85. The van der Waals surface area contributed by atoms with Crippen LogP contribution in [0.4, 0.5) is 5.69 Å². The fourth-order valence-corrected chi connectivity index (χ4v) is 3.49. The Bertz CT molecular complexity index is 551. The van der Waals surface area contributed by atoms with Crippen molar-refractivity contribution in [3.05, 3.63) is 59.1 Å². The minimum atomic E-state index is -1.26. The summed E-state index contributed by atoms with van der Waals surface area (Å²) >= 11 is 6.08. The van der Waals surface area contributed by atoms with Crippen LogP contribution in [0, 0.1) is 0 Å². The fourth-order valence-electron chi connectivity index (χ4n) is 1.76. The lowest BCUT2D eigenvalue weighted by molar-refractivity contribution is 0.676. The van der Waals surface area contributed by atoms with Gasteiger partial charge in [0, 0.05) is 5.69 Å². The molecule has 2 atom stereocenters. The normalized spacial score (nSPS) is 14.1. The van der Waals surface area contributed by atoms with Gasteiger partial charge in [-0.2, -0.15) is 0 Å². The molecular formula is C14H14ClNOS. The minimum absolute atomic E-state index is 0.145. The molecule has 0 aliphatic heterocycles. The van der Waals surface area contributed by atoms with E-state index in [1.807, 2.05) is 37.3 Å². The van der Waals surface area contributed by atoms with Gasteiger partial charge in [-0.15, -0.1) is 0 Å². The number of nitrogens with two attached hydrogens (primary N) is 1. The zero-order valence-electron chi connectivity index (χ0n) is 9.97. The number of benzene rings is 2. The average molecular weight is 280 g/mol. The number of rotatable bonds is 3. The summed E-state index contributed by atoms with van der Waals surface area (Å²) < 4.78 is 12.5. The molecule has 0 aliphatic rings. The third-order valence-corrected chi connectivity index (χ3v) is 4.99. The van der Waals surface area contributed by atoms with Crippen LogP contribution >= 0.6 is 11.6 Å². The van der Waals surface area contributed by atoms with Gasteiger partial charge in [-0.25, -0.2) is 0 Å². The molecule has 0 spiro atoms. The van der Waals surface area contributed by atoms with Crippen LogP contribution in [-0.4, -0.2) is 4.21 Å². The van der Waals surface area contributed by atoms with Crippen molar-refractivity contribution >= 4 is 28.1 Å². The van der Waals surface area contributed by atoms with Gasteiger partial charge in [0.2, 0.25) is 0 Å². The summed E-state index contributed by atoms with van der Waals surface area (Å²) in [5.41, 5.74) is 7.35. The lowest BCUT2D eigenvalue weighted by Gasteiger charge is -2.14. The van der Waals surface area contributed by atoms with E-state index in [2.05, 4.69) is 0 Å². The topological polar surface area (TPSA) is 43.1 Å². The van der Waals surface area contributed by atoms with Gasteiger partial charge in [-0.1, -0.05) is 48.0 Å². The Morgan fingerprint density at radius 2 is 1.78 bits per heavy atom. The highest BCUT2D eigenvalue weighted by Gasteiger charge is 2.19. The Labute approximate surface area is 114 Å². The molecule has 2 aromatic rings. The monoisotopic (exact) mass is 279 g/mol. The largest absolute Gasteiger partial charge is 0.398 e. The van der Waals surface area contributed by atoms with Gasteiger partial charge < -0.3 is 5.73 Å². The van der Waals surface area contributed by atoms with E-state index in [0.29, 0.717) is 15.6 Å². The predicted octanol–water partition coefficient (Wildman–Crippen LogP) is 3.79. The van der Waals surface area contributed by atoms with E-state index in [0.717, 1.165) is 5.56 Å². The molecule has 0 fully saturated rings. The molecule has 0 saturated carbocycles. The number of anilines is 1. The molecule has 2 nitrogen and oxygen atoms in total. The van der Waals surface area contributed by atoms with Crippen molar-refractivity contribution < 1.29 is 4.21 Å². The predicted molar refractivity (Wildman–Crippen MR) is 77.1 cm³/mol. The molecule has 0 bridgehead atoms. The standard InChI is InChI=1S/C14H14ClNOS/c1-10(11-6-3-2-4-7-11)18(17)14-12(15)8-5-9-13(14)16/h2-10H,16H2,1H3. The quantitative estimate of drug-likeness (QED) is 0.869. The Hall–Kier alpha value is -1.32. The van der Waals surface area contributed by atoms with E-state index in [1.165, 1.54) is 0 Å². The first-order valence-electron chi connectivity index (χ1n) is 5.60. The van der Waals surface area contributed by atoms with Crippen molar-refractivity contribution in [2.45, 2.75) is 17.1 Å². The molecule has 0 aromatic heterocycles. The van der Waals surface area contributed by atoms with Gasteiger partial charge in [0.15, 0.2) is 0 Å². The van der Waals surface area contributed by atoms with Crippen LogP contribution in [0.15, 0.2) is 53.4 Å². The molecule has 0 amide bonds. The molecule has 2 aromatic carbocycles. The summed E-state index contributed by atoms with van der Waals surface area (Å²) in [5.74, 6) is 0. The van der Waals surface area contributed by atoms with Crippen LogP contribution in [-0.2, 0) is 10.8 Å². The fraction of sp³-hybridized carbons (Fsp3) is 0.143. The molecule has 94 valence electrons. The SMILES string of the molecule is CC(c1ccccc1)S(=O)c1c(N)cccc1Cl. The molecule has 0 aliphatic carbocycles. The van der Waals surface area contributed by atoms with E-state index < -0.39 is 10.8 Å². The van der Waals surface area contributed by atoms with Gasteiger partial charge >= 0.3 is 0 Å². The summed E-state index contributed by atoms with van der Waals surface area (Å²) in [5, 5.41) is 0.310. The minimum Gasteiger partial charge on any atom is -0.398 e. The van der Waals surface area contributed by atoms with Crippen molar-refractivity contribution in [3.63, 3.8) is 0 Å². The number of nitrogen functional groups attached to an aromatic ring is 1. The Kier molecular flexibility index (Phi) is 4.04. The molecule has 18 heavy (non-hydrogen) atoms. The van der Waals surface area contributed by atoms with Crippen molar-refractivity contribution in [2.75, 3.05) is 5.73 Å². The van der Waals surface area contributed by atoms with Crippen molar-refractivity contribution in [3.8, 4) is 0 Å². The average Bonchev–Trinajstić information content (AvgIpc) is 2.38. The first kappa shape index (κ1) is 13.1. The third-order valence-electron chi connectivity index (χ3n) is 2.79. The number of hydrogen-bond donors (Lipinski definition) is 1. The zero-order chi connectivity index (χ0) is 13.1. The van der Waals surface area contributed by atoms with Crippen molar-refractivity contribution in [2.24, 2.45) is 0 Å². The summed E-state index contributed by atoms with van der Waals surface area (Å²) in [6.45, 7) is 1.91. The van der Waals surface area contributed by atoms with E-state index >= 15 is 0 Å². The van der Waals surface area contributed by atoms with Crippen LogP contribution in [0.3, 0.4) is 0 Å².